The van der Waals surface area contributed by atoms with Crippen LogP contribution in [0.1, 0.15) is 41.5 Å². The van der Waals surface area contributed by atoms with Gasteiger partial charge in [0.2, 0.25) is 0 Å². The molecule has 0 amide bonds. The SMILES string of the molecule is CC(C)(C)C(OC(=O)/C=C/C(=O)OC(C(C)(C)C)C(F)(F)C(F)(F)C(F)(F)C(F)F)C(F)(F)C(F)(F)C(F)(F)C(F)F. The van der Waals surface area contributed by atoms with Gasteiger partial charge in [0.25, 0.3) is 0 Å². The molecule has 4 nitrogen and oxygen atoms in total. The van der Waals surface area contributed by atoms with Crippen molar-refractivity contribution in [3.8, 4) is 0 Å². The first-order chi connectivity index (χ1) is 18.1. The van der Waals surface area contributed by atoms with Gasteiger partial charge >= 0.3 is 60.3 Å². The van der Waals surface area contributed by atoms with Crippen LogP contribution in [0.3, 0.4) is 0 Å². The highest BCUT2D eigenvalue weighted by molar-refractivity contribution is 5.91. The number of ether oxygens (including phenoxy) is 2. The average molecular weight is 656 g/mol. The van der Waals surface area contributed by atoms with Gasteiger partial charge in [-0.25, -0.2) is 27.2 Å². The Labute approximate surface area is 227 Å². The van der Waals surface area contributed by atoms with Gasteiger partial charge in [-0.3, -0.25) is 0 Å². The molecule has 0 aliphatic rings. The van der Waals surface area contributed by atoms with E-state index >= 15 is 0 Å². The van der Waals surface area contributed by atoms with Crippen LogP contribution in [-0.2, 0) is 19.1 Å². The standard InChI is InChI=1S/C22H24F16O4/c1-15(2,3)11(17(27,28)21(35,36)19(31,32)13(23)24)41-9(39)7-8-10(40)42-12(16(4,5)6)18(29,30)22(37,38)20(33,34)14(25)26/h7-8,11-14H,1-6H3/b8-7+. The highest BCUT2D eigenvalue weighted by atomic mass is 19.4. The van der Waals surface area contributed by atoms with Crippen molar-refractivity contribution in [2.75, 3.05) is 0 Å². The zero-order valence-electron chi connectivity index (χ0n) is 22.1. The number of carbonyl (C=O) groups excluding carboxylic acids is 2. The van der Waals surface area contributed by atoms with Gasteiger partial charge in [0.1, 0.15) is 0 Å². The van der Waals surface area contributed by atoms with Crippen LogP contribution >= 0.6 is 0 Å². The third kappa shape index (κ3) is 7.37. The van der Waals surface area contributed by atoms with Crippen LogP contribution in [0.5, 0.6) is 0 Å². The number of rotatable bonds is 12. The minimum atomic E-state index is -6.86. The molecule has 0 spiro atoms. The normalized spacial score (nSPS) is 16.7. The van der Waals surface area contributed by atoms with Gasteiger partial charge in [-0.15, -0.1) is 0 Å². The number of hydrogen-bond acceptors (Lipinski definition) is 4. The van der Waals surface area contributed by atoms with Gasteiger partial charge in [-0.2, -0.15) is 52.7 Å². The zero-order valence-corrected chi connectivity index (χ0v) is 22.1. The van der Waals surface area contributed by atoms with Crippen molar-refractivity contribution in [2.45, 2.75) is 102 Å². The minimum Gasteiger partial charge on any atom is -0.452 e. The quantitative estimate of drug-likeness (QED) is 0.122. The predicted molar refractivity (Wildman–Crippen MR) is 110 cm³/mol. The third-order valence-electron chi connectivity index (χ3n) is 5.28. The molecular formula is C22H24F16O4. The second kappa shape index (κ2) is 11.9. The van der Waals surface area contributed by atoms with Crippen molar-refractivity contribution < 1.29 is 89.3 Å². The first-order valence-electron chi connectivity index (χ1n) is 11.1. The Balaban J connectivity index is 6.28. The van der Waals surface area contributed by atoms with E-state index in [0.717, 1.165) is 0 Å². The molecule has 0 fully saturated rings. The Morgan fingerprint density at radius 3 is 0.857 bits per heavy atom. The van der Waals surface area contributed by atoms with Crippen molar-refractivity contribution in [1.82, 2.24) is 0 Å². The Kier molecular flexibility index (Phi) is 11.2. The first-order valence-corrected chi connectivity index (χ1v) is 11.1. The molecule has 0 radical (unpaired) electrons. The molecule has 42 heavy (non-hydrogen) atoms. The molecular weight excluding hydrogens is 632 g/mol. The van der Waals surface area contributed by atoms with Crippen molar-refractivity contribution in [1.29, 1.82) is 0 Å². The number of esters is 2. The van der Waals surface area contributed by atoms with Crippen LogP contribution in [0.4, 0.5) is 70.2 Å². The molecule has 20 heteroatoms. The summed E-state index contributed by atoms with van der Waals surface area (Å²) in [5, 5.41) is 0. The summed E-state index contributed by atoms with van der Waals surface area (Å²) in [7, 11) is 0. The van der Waals surface area contributed by atoms with Crippen molar-refractivity contribution in [3.05, 3.63) is 12.2 Å². The lowest BCUT2D eigenvalue weighted by Crippen LogP contribution is -2.65. The van der Waals surface area contributed by atoms with Gasteiger partial charge in [0, 0.05) is 23.0 Å². The number of hydrogen-bond donors (Lipinski definition) is 0. The number of alkyl halides is 16. The maximum Gasteiger partial charge on any atom is 0.381 e. The summed E-state index contributed by atoms with van der Waals surface area (Å²) < 4.78 is 224. The smallest absolute Gasteiger partial charge is 0.381 e. The van der Waals surface area contributed by atoms with Crippen molar-refractivity contribution in [2.24, 2.45) is 10.8 Å². The largest absolute Gasteiger partial charge is 0.452 e. The summed E-state index contributed by atoms with van der Waals surface area (Å²) >= 11 is 0. The van der Waals surface area contributed by atoms with Gasteiger partial charge in [0.05, 0.1) is 0 Å². The molecule has 0 aliphatic heterocycles. The molecule has 0 bridgehead atoms. The maximum absolute atomic E-state index is 14.5. The summed E-state index contributed by atoms with van der Waals surface area (Å²) in [5.41, 5.74) is -4.87. The first kappa shape index (κ1) is 39.6. The van der Waals surface area contributed by atoms with Crippen molar-refractivity contribution in [3.63, 3.8) is 0 Å². The molecule has 2 unspecified atom stereocenters. The molecule has 0 heterocycles. The lowest BCUT2D eigenvalue weighted by Gasteiger charge is -2.41. The Hall–Kier alpha value is -2.44. The monoisotopic (exact) mass is 656 g/mol. The highest BCUT2D eigenvalue weighted by Gasteiger charge is 2.80. The lowest BCUT2D eigenvalue weighted by atomic mass is 9.81. The zero-order chi connectivity index (χ0) is 34.3. The second-order valence-corrected chi connectivity index (χ2v) is 10.9. The fraction of sp³-hybridized carbons (Fsp3) is 0.818. The Bertz CT molecular complexity index is 915. The van der Waals surface area contributed by atoms with E-state index < -0.39 is 83.4 Å². The molecule has 0 N–H and O–H groups in total. The summed E-state index contributed by atoms with van der Waals surface area (Å²) in [6.07, 6.45) is -18.7. The van der Waals surface area contributed by atoms with Gasteiger partial charge in [0.15, 0.2) is 12.2 Å². The van der Waals surface area contributed by atoms with E-state index in [0.29, 0.717) is 41.5 Å². The maximum atomic E-state index is 14.5. The van der Waals surface area contributed by atoms with Gasteiger partial charge in [-0.1, -0.05) is 41.5 Å². The molecule has 0 saturated heterocycles. The topological polar surface area (TPSA) is 52.6 Å². The number of carbonyl (C=O) groups is 2. The second-order valence-electron chi connectivity index (χ2n) is 10.9. The van der Waals surface area contributed by atoms with E-state index in [1.807, 2.05) is 0 Å². The van der Waals surface area contributed by atoms with Gasteiger partial charge < -0.3 is 9.47 Å². The molecule has 0 aliphatic carbocycles. The molecule has 248 valence electrons. The summed E-state index contributed by atoms with van der Waals surface area (Å²) in [6, 6.07) is 0. The average Bonchev–Trinajstić information content (AvgIpc) is 2.76. The molecule has 0 aromatic rings. The van der Waals surface area contributed by atoms with E-state index in [2.05, 4.69) is 9.47 Å². The van der Waals surface area contributed by atoms with Crippen LogP contribution in [0.2, 0.25) is 0 Å². The van der Waals surface area contributed by atoms with E-state index in [4.69, 9.17) is 0 Å². The van der Waals surface area contributed by atoms with E-state index in [1.54, 1.807) is 0 Å². The van der Waals surface area contributed by atoms with E-state index in [-0.39, 0.29) is 12.2 Å². The fourth-order valence-corrected chi connectivity index (χ4v) is 3.08. The fourth-order valence-electron chi connectivity index (χ4n) is 3.08. The summed E-state index contributed by atoms with van der Waals surface area (Å²) in [5.74, 6) is -44.2. The highest BCUT2D eigenvalue weighted by Crippen LogP contribution is 2.54. The van der Waals surface area contributed by atoms with Crippen LogP contribution in [0, 0.1) is 10.8 Å². The summed E-state index contributed by atoms with van der Waals surface area (Å²) in [4.78, 5) is 23.9. The number of halogens is 16. The van der Waals surface area contributed by atoms with Crippen molar-refractivity contribution >= 4 is 11.9 Å². The molecule has 2 atom stereocenters. The minimum absolute atomic E-state index is 0.371. The summed E-state index contributed by atoms with van der Waals surface area (Å²) in [6.45, 7) is 3.58. The molecule has 0 rings (SSSR count). The van der Waals surface area contributed by atoms with Crippen LogP contribution < -0.4 is 0 Å². The molecule has 0 aromatic carbocycles. The lowest BCUT2D eigenvalue weighted by molar-refractivity contribution is -0.363. The van der Waals surface area contributed by atoms with Gasteiger partial charge in [-0.05, 0) is 0 Å². The third-order valence-corrected chi connectivity index (χ3v) is 5.28. The molecule has 0 aromatic heterocycles. The van der Waals surface area contributed by atoms with E-state index in [9.17, 15) is 79.8 Å². The predicted octanol–water partition coefficient (Wildman–Crippen LogP) is 7.80. The van der Waals surface area contributed by atoms with Crippen LogP contribution in [0.15, 0.2) is 12.2 Å². The Morgan fingerprint density at radius 1 is 0.476 bits per heavy atom. The van der Waals surface area contributed by atoms with Crippen LogP contribution in [-0.4, -0.2) is 72.5 Å². The van der Waals surface area contributed by atoms with Crippen LogP contribution in [0.25, 0.3) is 0 Å². The molecule has 0 saturated carbocycles. The Morgan fingerprint density at radius 2 is 0.690 bits per heavy atom. The van der Waals surface area contributed by atoms with E-state index in [1.165, 1.54) is 0 Å².